The molecule has 1 atom stereocenters. The van der Waals surface area contributed by atoms with Crippen molar-refractivity contribution >= 4 is 11.6 Å². The number of aryl methyl sites for hydroxylation is 1. The molecule has 1 aromatic heterocycles. The van der Waals surface area contributed by atoms with Crippen LogP contribution in [0, 0.1) is 0 Å². The Morgan fingerprint density at radius 2 is 1.90 bits per heavy atom. The van der Waals surface area contributed by atoms with Gasteiger partial charge in [-0.05, 0) is 23.3 Å². The van der Waals surface area contributed by atoms with Crippen LogP contribution in [0.4, 0.5) is 0 Å². The van der Waals surface area contributed by atoms with Crippen LogP contribution in [0.15, 0.2) is 64.3 Å². The van der Waals surface area contributed by atoms with Gasteiger partial charge in [0.15, 0.2) is 5.82 Å². The third kappa shape index (κ3) is 3.89. The fourth-order valence-corrected chi connectivity index (χ4v) is 3.48. The van der Waals surface area contributed by atoms with Crippen LogP contribution in [0.2, 0.25) is 0 Å². The number of oxime groups is 1. The lowest BCUT2D eigenvalue weighted by Crippen LogP contribution is -2.31. The van der Waals surface area contributed by atoms with Gasteiger partial charge >= 0.3 is 0 Å². The van der Waals surface area contributed by atoms with Crippen LogP contribution < -0.4 is 0 Å². The van der Waals surface area contributed by atoms with Crippen molar-refractivity contribution in [3.05, 3.63) is 71.9 Å². The average molecular weight is 390 g/mol. The predicted molar refractivity (Wildman–Crippen MR) is 108 cm³/mol. The molecule has 3 aromatic rings. The minimum absolute atomic E-state index is 0.104. The summed E-state index contributed by atoms with van der Waals surface area (Å²) < 4.78 is 5.41. The Labute approximate surface area is 169 Å². The van der Waals surface area contributed by atoms with Crippen molar-refractivity contribution in [3.63, 3.8) is 0 Å². The van der Waals surface area contributed by atoms with E-state index in [9.17, 15) is 4.79 Å². The monoisotopic (exact) mass is 390 g/mol. The van der Waals surface area contributed by atoms with E-state index in [4.69, 9.17) is 9.36 Å². The molecule has 1 fully saturated rings. The molecule has 0 aliphatic carbocycles. The third-order valence-corrected chi connectivity index (χ3v) is 4.96. The Bertz CT molecular complexity index is 1010. The summed E-state index contributed by atoms with van der Waals surface area (Å²) in [6.07, 6.45) is 1.18. The molecule has 2 aromatic carbocycles. The number of amides is 1. The normalized spacial score (nSPS) is 17.7. The number of nitrogens with zero attached hydrogens (tertiary/aromatic N) is 4. The molecule has 0 radical (unpaired) electrons. The summed E-state index contributed by atoms with van der Waals surface area (Å²) in [6, 6.07) is 17.3. The van der Waals surface area contributed by atoms with E-state index in [0.29, 0.717) is 36.7 Å². The third-order valence-electron chi connectivity index (χ3n) is 4.96. The quantitative estimate of drug-likeness (QED) is 0.618. The Kier molecular flexibility index (Phi) is 5.37. The first kappa shape index (κ1) is 18.9. The van der Waals surface area contributed by atoms with Crippen LogP contribution in [-0.2, 0) is 11.3 Å². The smallest absolute Gasteiger partial charge is 0.254 e. The lowest BCUT2D eigenvalue weighted by Gasteiger charge is -2.21. The second-order valence-electron chi connectivity index (χ2n) is 6.84. The molecule has 1 aliphatic heterocycles. The van der Waals surface area contributed by atoms with Gasteiger partial charge in [-0.2, -0.15) is 4.98 Å². The molecule has 0 N–H and O–H groups in total. The van der Waals surface area contributed by atoms with Gasteiger partial charge in [-0.15, -0.1) is 0 Å². The van der Waals surface area contributed by atoms with E-state index in [-0.39, 0.29) is 11.9 Å². The SMILES string of the molecule is CCc1noc([C@@H]2C/C(=N\OC)CN2C(=O)c2ccc(-c3ccccc3)cc2)n1. The topological polar surface area (TPSA) is 80.8 Å². The summed E-state index contributed by atoms with van der Waals surface area (Å²) in [5, 5.41) is 8.01. The van der Waals surface area contributed by atoms with Gasteiger partial charge in [-0.25, -0.2) is 0 Å². The van der Waals surface area contributed by atoms with E-state index in [1.165, 1.54) is 7.11 Å². The van der Waals surface area contributed by atoms with Crippen LogP contribution in [0.25, 0.3) is 11.1 Å². The van der Waals surface area contributed by atoms with Gasteiger partial charge in [-0.1, -0.05) is 59.7 Å². The van der Waals surface area contributed by atoms with E-state index in [1.54, 1.807) is 4.90 Å². The predicted octanol–water partition coefficient (Wildman–Crippen LogP) is 3.89. The first-order valence-corrected chi connectivity index (χ1v) is 9.57. The molecule has 0 saturated carbocycles. The molecular weight excluding hydrogens is 368 g/mol. The Morgan fingerprint density at radius 3 is 2.55 bits per heavy atom. The molecule has 148 valence electrons. The number of hydrogen-bond acceptors (Lipinski definition) is 6. The summed E-state index contributed by atoms with van der Waals surface area (Å²) >= 11 is 0. The molecule has 0 spiro atoms. The van der Waals surface area contributed by atoms with Gasteiger partial charge < -0.3 is 14.3 Å². The number of likely N-dealkylation sites (tertiary alicyclic amines) is 1. The fraction of sp³-hybridized carbons (Fsp3) is 0.273. The van der Waals surface area contributed by atoms with Crippen molar-refractivity contribution in [3.8, 4) is 11.1 Å². The van der Waals surface area contributed by atoms with Crippen LogP contribution in [0.1, 0.15) is 41.5 Å². The zero-order valence-corrected chi connectivity index (χ0v) is 16.4. The molecule has 0 bridgehead atoms. The highest BCUT2D eigenvalue weighted by Gasteiger charge is 2.38. The van der Waals surface area contributed by atoms with Gasteiger partial charge in [-0.3, -0.25) is 4.79 Å². The van der Waals surface area contributed by atoms with Gasteiger partial charge in [0, 0.05) is 18.4 Å². The number of benzene rings is 2. The van der Waals surface area contributed by atoms with Crippen molar-refractivity contribution in [2.24, 2.45) is 5.16 Å². The first-order chi connectivity index (χ1) is 14.2. The van der Waals surface area contributed by atoms with Crippen molar-refractivity contribution < 1.29 is 14.2 Å². The maximum atomic E-state index is 13.2. The Morgan fingerprint density at radius 1 is 1.17 bits per heavy atom. The molecule has 7 nitrogen and oxygen atoms in total. The highest BCUT2D eigenvalue weighted by Crippen LogP contribution is 2.32. The van der Waals surface area contributed by atoms with Gasteiger partial charge in [0.05, 0.1) is 12.3 Å². The van der Waals surface area contributed by atoms with Gasteiger partial charge in [0.25, 0.3) is 5.91 Å². The number of carbonyl (C=O) groups excluding carboxylic acids is 1. The van der Waals surface area contributed by atoms with Gasteiger partial charge in [0.1, 0.15) is 13.2 Å². The maximum absolute atomic E-state index is 13.2. The molecule has 1 amide bonds. The minimum atomic E-state index is -0.349. The molecule has 4 rings (SSSR count). The molecule has 0 unspecified atom stereocenters. The average Bonchev–Trinajstić information content (AvgIpc) is 3.41. The number of hydrogen-bond donors (Lipinski definition) is 0. The van der Waals surface area contributed by atoms with Crippen molar-refractivity contribution in [2.75, 3.05) is 13.7 Å². The summed E-state index contributed by atoms with van der Waals surface area (Å²) in [4.78, 5) is 24.3. The zero-order valence-electron chi connectivity index (χ0n) is 16.4. The van der Waals surface area contributed by atoms with Crippen LogP contribution >= 0.6 is 0 Å². The molecule has 2 heterocycles. The highest BCUT2D eigenvalue weighted by molar-refractivity contribution is 6.00. The maximum Gasteiger partial charge on any atom is 0.254 e. The van der Waals surface area contributed by atoms with Crippen molar-refractivity contribution in [2.45, 2.75) is 25.8 Å². The van der Waals surface area contributed by atoms with E-state index >= 15 is 0 Å². The molecule has 1 saturated heterocycles. The number of aromatic nitrogens is 2. The second kappa shape index (κ2) is 8.26. The second-order valence-corrected chi connectivity index (χ2v) is 6.84. The summed E-state index contributed by atoms with van der Waals surface area (Å²) in [5.41, 5.74) is 3.54. The molecular formula is C22H22N4O3. The Balaban J connectivity index is 1.60. The van der Waals surface area contributed by atoms with Crippen molar-refractivity contribution in [1.29, 1.82) is 0 Å². The van der Waals surface area contributed by atoms with Crippen LogP contribution in [0.5, 0.6) is 0 Å². The van der Waals surface area contributed by atoms with Gasteiger partial charge in [0.2, 0.25) is 5.89 Å². The zero-order chi connectivity index (χ0) is 20.2. The first-order valence-electron chi connectivity index (χ1n) is 9.57. The van der Waals surface area contributed by atoms with E-state index in [2.05, 4.69) is 15.3 Å². The fourth-order valence-electron chi connectivity index (χ4n) is 3.48. The standard InChI is InChI=1S/C22H22N4O3/c1-3-20-23-21(29-25-20)19-13-18(24-28-2)14-26(19)22(27)17-11-9-16(10-12-17)15-7-5-4-6-8-15/h4-12,19H,3,13-14H2,1-2H3/b24-18+/t19-/m0/s1. The summed E-state index contributed by atoms with van der Waals surface area (Å²) in [7, 11) is 1.50. The van der Waals surface area contributed by atoms with E-state index < -0.39 is 0 Å². The highest BCUT2D eigenvalue weighted by atomic mass is 16.6. The van der Waals surface area contributed by atoms with E-state index in [1.807, 2.05) is 61.5 Å². The lowest BCUT2D eigenvalue weighted by atomic mass is 10.0. The Hall–Kier alpha value is -3.48. The van der Waals surface area contributed by atoms with Crippen LogP contribution in [0.3, 0.4) is 0 Å². The molecule has 7 heteroatoms. The minimum Gasteiger partial charge on any atom is -0.399 e. The van der Waals surface area contributed by atoms with E-state index in [0.717, 1.165) is 16.8 Å². The van der Waals surface area contributed by atoms with Crippen molar-refractivity contribution in [1.82, 2.24) is 15.0 Å². The summed E-state index contributed by atoms with van der Waals surface area (Å²) in [5.74, 6) is 0.946. The molecule has 1 aliphatic rings. The largest absolute Gasteiger partial charge is 0.399 e. The number of rotatable bonds is 5. The summed E-state index contributed by atoms with van der Waals surface area (Å²) in [6.45, 7) is 2.32. The number of carbonyl (C=O) groups is 1. The van der Waals surface area contributed by atoms with Crippen LogP contribution in [-0.4, -0.2) is 40.3 Å². The lowest BCUT2D eigenvalue weighted by molar-refractivity contribution is 0.0713. The molecule has 29 heavy (non-hydrogen) atoms.